The summed E-state index contributed by atoms with van der Waals surface area (Å²) >= 11 is 0.365. The molecule has 3 fully saturated rings. The minimum atomic E-state index is -4.92. The van der Waals surface area contributed by atoms with Gasteiger partial charge in [-0.2, -0.15) is 26.3 Å². The minimum absolute atomic E-state index is 0.0258. The van der Waals surface area contributed by atoms with Crippen molar-refractivity contribution < 1.29 is 60.4 Å². The number of carbonyl (C=O) groups excluding carboxylic acids is 2. The molecule has 0 radical (unpaired) electrons. The quantitative estimate of drug-likeness (QED) is 0.130. The second-order valence-corrected chi connectivity index (χ2v) is 16.1. The highest BCUT2D eigenvalue weighted by Gasteiger charge is 2.57. The van der Waals surface area contributed by atoms with E-state index in [-0.39, 0.29) is 64.1 Å². The molecule has 2 aromatic heterocycles. The Morgan fingerprint density at radius 1 is 0.947 bits per heavy atom. The van der Waals surface area contributed by atoms with Crippen molar-refractivity contribution in [3.8, 4) is 11.5 Å². The van der Waals surface area contributed by atoms with E-state index in [1.54, 1.807) is 31.2 Å². The van der Waals surface area contributed by atoms with Crippen molar-refractivity contribution in [2.24, 2.45) is 5.41 Å². The van der Waals surface area contributed by atoms with E-state index in [1.807, 2.05) is 0 Å². The largest absolute Gasteiger partial charge is 0.493 e. The van der Waals surface area contributed by atoms with Crippen molar-refractivity contribution in [3.05, 3.63) is 75.7 Å². The van der Waals surface area contributed by atoms with E-state index >= 15 is 0 Å². The maximum Gasteiger partial charge on any atom is 0.425 e. The molecule has 0 bridgehead atoms. The van der Waals surface area contributed by atoms with Crippen LogP contribution in [0, 0.1) is 5.41 Å². The van der Waals surface area contributed by atoms with Gasteiger partial charge in [0, 0.05) is 49.3 Å². The van der Waals surface area contributed by atoms with Crippen LogP contribution in [0.15, 0.2) is 54.0 Å². The third-order valence-corrected chi connectivity index (χ3v) is 12.6. The molecule has 2 atom stereocenters. The van der Waals surface area contributed by atoms with E-state index in [1.165, 1.54) is 4.90 Å². The number of para-hydroxylation sites is 1. The summed E-state index contributed by atoms with van der Waals surface area (Å²) in [4.78, 5) is 46.2. The average Bonchev–Trinajstić information content (AvgIpc) is 3.63. The fourth-order valence-electron chi connectivity index (χ4n) is 8.44. The van der Waals surface area contributed by atoms with E-state index in [0.29, 0.717) is 54.8 Å². The molecular weight excluding hydrogens is 781 g/mol. The first-order valence-electron chi connectivity index (χ1n) is 19.1. The number of halogens is 6. The molecule has 2 unspecified atom stereocenters. The maximum absolute atomic E-state index is 14.9. The number of benzene rings is 1. The zero-order chi connectivity index (χ0) is 41.2. The number of thiophene rings is 1. The summed E-state index contributed by atoms with van der Waals surface area (Å²) in [6.07, 6.45) is -5.00. The van der Waals surface area contributed by atoms with Crippen molar-refractivity contribution >= 4 is 29.1 Å². The van der Waals surface area contributed by atoms with Gasteiger partial charge in [-0.15, -0.1) is 11.3 Å². The van der Waals surface area contributed by atoms with Gasteiger partial charge in [0.2, 0.25) is 5.60 Å². The number of nitrogens with zero attached hydrogens (tertiary/aromatic N) is 3. The fourth-order valence-corrected chi connectivity index (χ4v) is 9.11. The predicted octanol–water partition coefficient (Wildman–Crippen LogP) is 8.33. The number of aromatic nitrogens is 1. The Morgan fingerprint density at radius 3 is 2.28 bits per heavy atom. The highest BCUT2D eigenvalue weighted by atomic mass is 32.1. The smallest absolute Gasteiger partial charge is 0.425 e. The number of alkyl halides is 6. The van der Waals surface area contributed by atoms with Gasteiger partial charge < -0.3 is 29.5 Å². The van der Waals surface area contributed by atoms with Crippen LogP contribution >= 0.6 is 11.3 Å². The van der Waals surface area contributed by atoms with Crippen LogP contribution in [0.4, 0.5) is 26.3 Å². The number of hydrogen-bond acceptors (Lipinski definition) is 8. The highest BCUT2D eigenvalue weighted by molar-refractivity contribution is 7.10. The van der Waals surface area contributed by atoms with Crippen LogP contribution in [0.1, 0.15) is 104 Å². The summed E-state index contributed by atoms with van der Waals surface area (Å²) in [5, 5.41) is 22.8. The molecule has 4 heterocycles. The zero-order valence-corrected chi connectivity index (χ0v) is 32.1. The molecule has 2 aliphatic heterocycles. The van der Waals surface area contributed by atoms with E-state index in [9.17, 15) is 50.9 Å². The molecule has 2 amide bonds. The van der Waals surface area contributed by atoms with Crippen LogP contribution in [0.2, 0.25) is 0 Å². The number of amides is 2. The third-order valence-electron chi connectivity index (χ3n) is 11.6. The summed E-state index contributed by atoms with van der Waals surface area (Å²) in [5.41, 5.74) is -5.83. The number of aliphatic carboxylic acids is 1. The predicted molar refractivity (Wildman–Crippen MR) is 196 cm³/mol. The average molecular weight is 826 g/mol. The van der Waals surface area contributed by atoms with Gasteiger partial charge in [0.1, 0.15) is 22.1 Å². The summed E-state index contributed by atoms with van der Waals surface area (Å²) in [6, 6.07) is 8.26. The van der Waals surface area contributed by atoms with Crippen molar-refractivity contribution in [1.82, 2.24) is 14.8 Å². The molecule has 6 rings (SSSR count). The molecule has 310 valence electrons. The number of carboxylic acid groups (broad SMARTS) is 1. The summed E-state index contributed by atoms with van der Waals surface area (Å²) in [7, 11) is 0. The summed E-state index contributed by atoms with van der Waals surface area (Å²) < 4.78 is 95.7. The Labute approximate surface area is 329 Å². The highest BCUT2D eigenvalue weighted by Crippen LogP contribution is 2.46. The second-order valence-electron chi connectivity index (χ2n) is 15.2. The Bertz CT molecular complexity index is 1920. The lowest BCUT2D eigenvalue weighted by Gasteiger charge is -2.51. The van der Waals surface area contributed by atoms with Gasteiger partial charge in [-0.05, 0) is 69.6 Å². The molecule has 17 heteroatoms. The van der Waals surface area contributed by atoms with E-state index in [0.717, 1.165) is 41.1 Å². The topological polar surface area (TPSA) is 130 Å². The first-order valence-corrected chi connectivity index (χ1v) is 20.0. The van der Waals surface area contributed by atoms with Crippen LogP contribution in [-0.4, -0.2) is 80.7 Å². The van der Waals surface area contributed by atoms with Gasteiger partial charge in [0.15, 0.2) is 0 Å². The van der Waals surface area contributed by atoms with Gasteiger partial charge in [0.25, 0.3) is 11.8 Å². The SMILES string of the molecule is CCCC1N(C(=O)c2ncccc2C(F)(F)F)CCCC1(Oc1csc(C(F)(F)F)c1)C(=O)N1CCC(O)(c2ccccc2OCCCC2(C(=O)O)CCC2)CC1. The van der Waals surface area contributed by atoms with Crippen molar-refractivity contribution in [2.75, 3.05) is 26.2 Å². The standard InChI is InChI=1S/C40H45F6N3O7S/c1-2-9-30-38(56-26-24-31(57-25-26)40(44,45)46,16-7-20-49(30)33(50)32-28(39(41,42)43)11-5-19-47-32)34(51)48-21-17-37(54,18-22-48)27-10-3-4-12-29(27)55-23-8-15-36(35(52)53)13-6-14-36/h3-5,10-12,19,24-25,30,54H,2,6-9,13-18,20-23H2,1H3,(H,52,53). The molecule has 2 N–H and O–H groups in total. The number of pyridine rings is 1. The van der Waals surface area contributed by atoms with Crippen molar-refractivity contribution in [2.45, 2.75) is 107 Å². The number of ether oxygens (including phenoxy) is 2. The number of hydrogen-bond donors (Lipinski definition) is 2. The first-order chi connectivity index (χ1) is 26.9. The Morgan fingerprint density at radius 2 is 1.67 bits per heavy atom. The van der Waals surface area contributed by atoms with Gasteiger partial charge in [0.05, 0.1) is 29.2 Å². The molecule has 3 aromatic rings. The Hall–Kier alpha value is -4.38. The number of carbonyl (C=O) groups is 3. The van der Waals surface area contributed by atoms with Crippen LogP contribution in [0.5, 0.6) is 11.5 Å². The molecule has 1 saturated carbocycles. The lowest BCUT2D eigenvalue weighted by Crippen LogP contribution is -2.68. The van der Waals surface area contributed by atoms with Crippen LogP contribution in [0.3, 0.4) is 0 Å². The number of aliphatic hydroxyl groups is 1. The molecule has 1 aromatic carbocycles. The third kappa shape index (κ3) is 8.59. The number of carboxylic acids is 1. The fraction of sp³-hybridized carbons (Fsp3) is 0.550. The molecule has 3 aliphatic rings. The zero-order valence-electron chi connectivity index (χ0n) is 31.3. The second kappa shape index (κ2) is 16.5. The van der Waals surface area contributed by atoms with Gasteiger partial charge >= 0.3 is 18.3 Å². The number of rotatable bonds is 13. The number of likely N-dealkylation sites (tertiary alicyclic amines) is 2. The van der Waals surface area contributed by atoms with Crippen LogP contribution in [-0.2, 0) is 27.5 Å². The van der Waals surface area contributed by atoms with E-state index in [2.05, 4.69) is 4.98 Å². The molecular formula is C40H45F6N3O7S. The first kappa shape index (κ1) is 42.2. The molecule has 0 spiro atoms. The molecule has 2 saturated heterocycles. The lowest BCUT2D eigenvalue weighted by atomic mass is 9.66. The van der Waals surface area contributed by atoms with Gasteiger partial charge in [-0.3, -0.25) is 19.4 Å². The maximum atomic E-state index is 14.9. The summed E-state index contributed by atoms with van der Waals surface area (Å²) in [6.45, 7) is 1.86. The van der Waals surface area contributed by atoms with E-state index in [4.69, 9.17) is 9.47 Å². The van der Waals surface area contributed by atoms with Crippen molar-refractivity contribution in [3.63, 3.8) is 0 Å². The monoisotopic (exact) mass is 825 g/mol. The van der Waals surface area contributed by atoms with Crippen molar-refractivity contribution in [1.29, 1.82) is 0 Å². The Kier molecular flexibility index (Phi) is 12.2. The summed E-state index contributed by atoms with van der Waals surface area (Å²) in [5.74, 6) is -2.41. The lowest BCUT2D eigenvalue weighted by molar-refractivity contribution is -0.163. The minimum Gasteiger partial charge on any atom is -0.493 e. The van der Waals surface area contributed by atoms with Crippen LogP contribution < -0.4 is 9.47 Å². The van der Waals surface area contributed by atoms with Crippen LogP contribution in [0.25, 0.3) is 0 Å². The Balaban J connectivity index is 1.26. The van der Waals surface area contributed by atoms with Gasteiger partial charge in [-0.1, -0.05) is 38.0 Å². The normalized spacial score (nSPS) is 22.1. The molecule has 10 nitrogen and oxygen atoms in total. The molecule has 57 heavy (non-hydrogen) atoms. The molecule has 1 aliphatic carbocycles. The van der Waals surface area contributed by atoms with E-state index < -0.39 is 68.9 Å². The number of piperidine rings is 2. The van der Waals surface area contributed by atoms with Gasteiger partial charge in [-0.25, -0.2) is 0 Å².